The van der Waals surface area contributed by atoms with Gasteiger partial charge in [-0.15, -0.1) is 11.3 Å². The van der Waals surface area contributed by atoms with Gasteiger partial charge in [0, 0.05) is 6.92 Å². The molecule has 2 amide bonds. The minimum Gasteiger partial charge on any atom is -0.365 e. The molecule has 0 spiro atoms. The lowest BCUT2D eigenvalue weighted by molar-refractivity contribution is -0.114. The molecule has 0 bridgehead atoms. The molecule has 16 heavy (non-hydrogen) atoms. The van der Waals surface area contributed by atoms with E-state index in [1.807, 2.05) is 26.2 Å². The smallest absolute Gasteiger partial charge is 0.252 e. The fourth-order valence-electron chi connectivity index (χ4n) is 1.41. The number of carbonyl (C=O) groups excluding carboxylic acids is 2. The van der Waals surface area contributed by atoms with Crippen LogP contribution in [0.5, 0.6) is 0 Å². The van der Waals surface area contributed by atoms with Gasteiger partial charge in [-0.2, -0.15) is 0 Å². The first-order valence-electron chi connectivity index (χ1n) is 4.93. The van der Waals surface area contributed by atoms with Crippen molar-refractivity contribution in [3.63, 3.8) is 0 Å². The number of anilines is 1. The lowest BCUT2D eigenvalue weighted by atomic mass is 9.86. The first kappa shape index (κ1) is 12.7. The van der Waals surface area contributed by atoms with Gasteiger partial charge in [0.15, 0.2) is 0 Å². The number of hydrogen-bond acceptors (Lipinski definition) is 3. The third-order valence-electron chi connectivity index (χ3n) is 2.14. The number of primary amides is 1. The van der Waals surface area contributed by atoms with Gasteiger partial charge in [-0.25, -0.2) is 0 Å². The molecule has 0 saturated carbocycles. The van der Waals surface area contributed by atoms with Gasteiger partial charge in [-0.1, -0.05) is 20.8 Å². The summed E-state index contributed by atoms with van der Waals surface area (Å²) in [5, 5.41) is 5.02. The topological polar surface area (TPSA) is 72.2 Å². The first-order valence-corrected chi connectivity index (χ1v) is 5.81. The predicted octanol–water partition coefficient (Wildman–Crippen LogP) is 2.10. The zero-order chi connectivity index (χ0) is 12.5. The molecular weight excluding hydrogens is 224 g/mol. The molecule has 1 heterocycles. The Morgan fingerprint density at radius 1 is 1.38 bits per heavy atom. The molecule has 1 aromatic heterocycles. The van der Waals surface area contributed by atoms with Crippen LogP contribution in [0.1, 0.15) is 43.6 Å². The lowest BCUT2D eigenvalue weighted by Gasteiger charge is -2.18. The summed E-state index contributed by atoms with van der Waals surface area (Å²) in [5.74, 6) is -0.709. The Balaban J connectivity index is 3.28. The number of amides is 2. The van der Waals surface area contributed by atoms with E-state index in [1.165, 1.54) is 18.3 Å². The Morgan fingerprint density at radius 2 is 1.94 bits per heavy atom. The Morgan fingerprint density at radius 3 is 2.31 bits per heavy atom. The van der Waals surface area contributed by atoms with E-state index in [0.717, 1.165) is 5.56 Å². The van der Waals surface area contributed by atoms with E-state index in [0.29, 0.717) is 10.6 Å². The molecule has 0 aromatic carbocycles. The highest BCUT2D eigenvalue weighted by molar-refractivity contribution is 7.15. The summed E-state index contributed by atoms with van der Waals surface area (Å²) in [6.07, 6.45) is 0. The maximum absolute atomic E-state index is 11.4. The van der Waals surface area contributed by atoms with Gasteiger partial charge in [0.25, 0.3) is 5.91 Å². The molecule has 4 nitrogen and oxygen atoms in total. The Bertz CT molecular complexity index is 430. The molecule has 1 aromatic rings. The quantitative estimate of drug-likeness (QED) is 0.831. The zero-order valence-electron chi connectivity index (χ0n) is 9.88. The van der Waals surface area contributed by atoms with Crippen LogP contribution in [-0.2, 0) is 10.2 Å². The van der Waals surface area contributed by atoms with Crippen molar-refractivity contribution in [1.82, 2.24) is 0 Å². The molecule has 1 rings (SSSR count). The van der Waals surface area contributed by atoms with Crippen molar-refractivity contribution in [3.8, 4) is 0 Å². The van der Waals surface area contributed by atoms with Crippen LogP contribution in [0.3, 0.4) is 0 Å². The van der Waals surface area contributed by atoms with Crippen molar-refractivity contribution < 1.29 is 9.59 Å². The molecule has 0 saturated heterocycles. The molecule has 0 unspecified atom stereocenters. The SMILES string of the molecule is CC(=O)Nc1scc(C(C)(C)C)c1C(N)=O. The summed E-state index contributed by atoms with van der Waals surface area (Å²) in [5.41, 5.74) is 6.47. The average Bonchev–Trinajstić information content (AvgIpc) is 2.45. The Labute approximate surface area is 98.8 Å². The zero-order valence-corrected chi connectivity index (χ0v) is 10.7. The van der Waals surface area contributed by atoms with Crippen molar-refractivity contribution in [2.75, 3.05) is 5.32 Å². The molecule has 0 aliphatic heterocycles. The average molecular weight is 240 g/mol. The Kier molecular flexibility index (Phi) is 3.38. The van der Waals surface area contributed by atoms with Crippen molar-refractivity contribution in [3.05, 3.63) is 16.5 Å². The van der Waals surface area contributed by atoms with E-state index in [9.17, 15) is 9.59 Å². The maximum Gasteiger partial charge on any atom is 0.252 e. The monoisotopic (exact) mass is 240 g/mol. The van der Waals surface area contributed by atoms with Crippen LogP contribution >= 0.6 is 11.3 Å². The van der Waals surface area contributed by atoms with Crippen molar-refractivity contribution in [1.29, 1.82) is 0 Å². The number of rotatable bonds is 2. The van der Waals surface area contributed by atoms with Gasteiger partial charge < -0.3 is 11.1 Å². The van der Waals surface area contributed by atoms with Crippen molar-refractivity contribution in [2.45, 2.75) is 33.1 Å². The summed E-state index contributed by atoms with van der Waals surface area (Å²) in [6, 6.07) is 0. The lowest BCUT2D eigenvalue weighted by Crippen LogP contribution is -2.21. The van der Waals surface area contributed by atoms with E-state index in [4.69, 9.17) is 5.73 Å². The van der Waals surface area contributed by atoms with Gasteiger partial charge >= 0.3 is 0 Å². The van der Waals surface area contributed by atoms with Crippen molar-refractivity contribution in [2.24, 2.45) is 5.73 Å². The molecule has 3 N–H and O–H groups in total. The third-order valence-corrected chi connectivity index (χ3v) is 3.03. The minimum absolute atomic E-state index is 0.169. The number of nitrogens with two attached hydrogens (primary N) is 1. The molecule has 0 atom stereocenters. The summed E-state index contributed by atoms with van der Waals surface area (Å²) in [7, 11) is 0. The number of thiophene rings is 1. The van der Waals surface area contributed by atoms with Gasteiger partial charge in [-0.3, -0.25) is 9.59 Å². The molecule has 0 aliphatic rings. The van der Waals surface area contributed by atoms with Gasteiger partial charge in [-0.05, 0) is 16.4 Å². The van der Waals surface area contributed by atoms with E-state index in [2.05, 4.69) is 5.32 Å². The molecule has 0 aliphatic carbocycles. The third kappa shape index (κ3) is 2.61. The highest BCUT2D eigenvalue weighted by Gasteiger charge is 2.25. The second kappa shape index (κ2) is 4.25. The maximum atomic E-state index is 11.4. The first-order chi connectivity index (χ1) is 7.23. The molecule has 88 valence electrons. The van der Waals surface area contributed by atoms with Crippen LogP contribution in [0.2, 0.25) is 0 Å². The minimum atomic E-state index is -0.505. The fourth-order valence-corrected chi connectivity index (χ4v) is 2.64. The predicted molar refractivity (Wildman–Crippen MR) is 65.8 cm³/mol. The summed E-state index contributed by atoms with van der Waals surface area (Å²) in [6.45, 7) is 7.40. The largest absolute Gasteiger partial charge is 0.365 e. The van der Waals surface area contributed by atoms with Gasteiger partial charge in [0.1, 0.15) is 5.00 Å². The normalized spacial score (nSPS) is 11.2. The van der Waals surface area contributed by atoms with Crippen LogP contribution in [-0.4, -0.2) is 11.8 Å². The number of hydrogen-bond donors (Lipinski definition) is 2. The van der Waals surface area contributed by atoms with Crippen LogP contribution in [0.4, 0.5) is 5.00 Å². The summed E-state index contributed by atoms with van der Waals surface area (Å²) in [4.78, 5) is 22.4. The highest BCUT2D eigenvalue weighted by atomic mass is 32.1. The van der Waals surface area contributed by atoms with Crippen LogP contribution in [0, 0.1) is 0 Å². The van der Waals surface area contributed by atoms with E-state index in [1.54, 1.807) is 0 Å². The Hall–Kier alpha value is -1.36. The second-order valence-electron chi connectivity index (χ2n) is 4.65. The highest BCUT2D eigenvalue weighted by Crippen LogP contribution is 2.35. The van der Waals surface area contributed by atoms with Crippen LogP contribution in [0.25, 0.3) is 0 Å². The second-order valence-corrected chi connectivity index (χ2v) is 5.53. The summed E-state index contributed by atoms with van der Waals surface area (Å²) >= 11 is 1.33. The fraction of sp³-hybridized carbons (Fsp3) is 0.455. The molecule has 5 heteroatoms. The van der Waals surface area contributed by atoms with E-state index in [-0.39, 0.29) is 11.3 Å². The van der Waals surface area contributed by atoms with Crippen LogP contribution < -0.4 is 11.1 Å². The standard InChI is InChI=1S/C11H16N2O2S/c1-6(14)13-10-8(9(12)15)7(5-16-10)11(2,3)4/h5H,1-4H3,(H2,12,15)(H,13,14). The van der Waals surface area contributed by atoms with Gasteiger partial charge in [0.2, 0.25) is 5.91 Å². The molecule has 0 radical (unpaired) electrons. The van der Waals surface area contributed by atoms with Crippen molar-refractivity contribution >= 4 is 28.2 Å². The molecular formula is C11H16N2O2S. The van der Waals surface area contributed by atoms with E-state index >= 15 is 0 Å². The van der Waals surface area contributed by atoms with Crippen LogP contribution in [0.15, 0.2) is 5.38 Å². The number of carbonyl (C=O) groups is 2. The van der Waals surface area contributed by atoms with Gasteiger partial charge in [0.05, 0.1) is 5.56 Å². The molecule has 0 fully saturated rings. The van der Waals surface area contributed by atoms with E-state index < -0.39 is 5.91 Å². The summed E-state index contributed by atoms with van der Waals surface area (Å²) < 4.78 is 0. The number of nitrogens with one attached hydrogen (secondary N) is 1.